The van der Waals surface area contributed by atoms with Gasteiger partial charge < -0.3 is 5.32 Å². The molecule has 0 saturated heterocycles. The lowest BCUT2D eigenvalue weighted by Gasteiger charge is -2.29. The first-order valence-electron chi connectivity index (χ1n) is 7.21. The largest absolute Gasteiger partial charge is 0.522 e. The number of benzene rings is 1. The summed E-state index contributed by atoms with van der Waals surface area (Å²) in [5.74, 6) is -0.230. The van der Waals surface area contributed by atoms with E-state index in [9.17, 15) is 18.0 Å². The molecule has 3 N–H and O–H groups in total. The first-order chi connectivity index (χ1) is 11.0. The van der Waals surface area contributed by atoms with Crippen LogP contribution < -0.4 is 16.2 Å². The summed E-state index contributed by atoms with van der Waals surface area (Å²) >= 11 is 0. The molecule has 1 rings (SSSR count). The quantitative estimate of drug-likeness (QED) is 0.374. The van der Waals surface area contributed by atoms with Gasteiger partial charge in [-0.05, 0) is 36.9 Å². The second-order valence-corrected chi connectivity index (χ2v) is 5.42. The van der Waals surface area contributed by atoms with Crippen molar-refractivity contribution in [2.24, 2.45) is 0 Å². The van der Waals surface area contributed by atoms with E-state index in [1.54, 1.807) is 24.3 Å². The molecular weight excluding hydrogens is 321 g/mol. The number of alkyl halides is 3. The van der Waals surface area contributed by atoms with Gasteiger partial charge in [0.25, 0.3) is 5.91 Å². The van der Waals surface area contributed by atoms with Crippen molar-refractivity contribution in [3.05, 3.63) is 35.4 Å². The highest BCUT2D eigenvalue weighted by Crippen LogP contribution is 2.16. The van der Waals surface area contributed by atoms with E-state index >= 15 is 0 Å². The Kier molecular flexibility index (Phi) is 7.31. The average Bonchev–Trinajstić information content (AvgIpc) is 2.45. The molecular formula is C14H18B2F3N3O2. The molecule has 0 aromatic heterocycles. The van der Waals surface area contributed by atoms with Crippen molar-refractivity contribution in [3.63, 3.8) is 0 Å². The molecule has 0 spiro atoms. The van der Waals surface area contributed by atoms with Crippen LogP contribution in [-0.2, 0) is 10.1 Å². The van der Waals surface area contributed by atoms with Gasteiger partial charge in [0.1, 0.15) is 0 Å². The van der Waals surface area contributed by atoms with Gasteiger partial charge in [-0.2, -0.15) is 0 Å². The molecule has 0 heterocycles. The third-order valence-electron chi connectivity index (χ3n) is 2.83. The van der Waals surface area contributed by atoms with Crippen molar-refractivity contribution >= 4 is 21.6 Å². The van der Waals surface area contributed by atoms with Crippen molar-refractivity contribution in [1.82, 2.24) is 16.2 Å². The van der Waals surface area contributed by atoms with Gasteiger partial charge in [-0.15, -0.1) is 13.2 Å². The number of halogens is 3. The number of hydrazine groups is 1. The Morgan fingerprint density at radius 2 is 1.79 bits per heavy atom. The highest BCUT2D eigenvalue weighted by molar-refractivity contribution is 6.39. The molecule has 0 atom stereocenters. The Morgan fingerprint density at radius 1 is 1.21 bits per heavy atom. The molecule has 0 saturated carbocycles. The number of hydrogen-bond acceptors (Lipinski definition) is 4. The van der Waals surface area contributed by atoms with Crippen LogP contribution in [0.2, 0.25) is 0 Å². The zero-order valence-electron chi connectivity index (χ0n) is 13.4. The van der Waals surface area contributed by atoms with Crippen LogP contribution in [-0.4, -0.2) is 47.2 Å². The van der Waals surface area contributed by atoms with Crippen LogP contribution in [0.15, 0.2) is 24.3 Å². The maximum Gasteiger partial charge on any atom is 0.522 e. The normalized spacial score (nSPS) is 12.4. The minimum Gasteiger partial charge on any atom is -0.350 e. The van der Waals surface area contributed by atoms with E-state index in [4.69, 9.17) is 15.7 Å². The van der Waals surface area contributed by atoms with Crippen LogP contribution in [0.1, 0.15) is 29.8 Å². The van der Waals surface area contributed by atoms with Gasteiger partial charge in [0.05, 0.1) is 22.3 Å². The maximum absolute atomic E-state index is 11.8. The van der Waals surface area contributed by atoms with Gasteiger partial charge in [-0.25, -0.2) is 0 Å². The Balaban J connectivity index is 2.53. The van der Waals surface area contributed by atoms with Crippen molar-refractivity contribution in [2.75, 3.05) is 13.2 Å². The Labute approximate surface area is 141 Å². The molecule has 0 aliphatic rings. The Morgan fingerprint density at radius 3 is 2.29 bits per heavy atom. The molecule has 10 heteroatoms. The van der Waals surface area contributed by atoms with Gasteiger partial charge in [0.2, 0.25) is 0 Å². The topological polar surface area (TPSA) is 62.4 Å². The number of ether oxygens (including phenoxy) is 1. The lowest BCUT2D eigenvalue weighted by Crippen LogP contribution is -2.52. The fourth-order valence-electron chi connectivity index (χ4n) is 1.74. The molecule has 0 aliphatic heterocycles. The van der Waals surface area contributed by atoms with E-state index in [1.165, 1.54) is 0 Å². The van der Waals surface area contributed by atoms with E-state index < -0.39 is 18.3 Å². The zero-order valence-corrected chi connectivity index (χ0v) is 13.4. The van der Waals surface area contributed by atoms with E-state index in [2.05, 4.69) is 20.9 Å². The van der Waals surface area contributed by atoms with E-state index in [0.717, 1.165) is 0 Å². The monoisotopic (exact) mass is 339 g/mol. The lowest BCUT2D eigenvalue weighted by atomic mass is 9.58. The molecule has 1 amide bonds. The number of amides is 1. The summed E-state index contributed by atoms with van der Waals surface area (Å²) in [6.45, 7) is 2.93. The second kappa shape index (κ2) is 8.55. The van der Waals surface area contributed by atoms with Gasteiger partial charge in [-0.1, -0.05) is 12.1 Å². The minimum absolute atomic E-state index is 0.00469. The first kappa shape index (κ1) is 20.5. The molecule has 1 aromatic rings. The number of rotatable bonds is 8. The highest BCUT2D eigenvalue weighted by Gasteiger charge is 2.28. The number of carbonyl (C=O) groups excluding carboxylic acids is 1. The van der Waals surface area contributed by atoms with Crippen molar-refractivity contribution in [1.29, 1.82) is 0 Å². The molecule has 5 nitrogen and oxygen atoms in total. The smallest absolute Gasteiger partial charge is 0.350 e. The third kappa shape index (κ3) is 7.37. The fraction of sp³-hybridized carbons (Fsp3) is 0.500. The summed E-state index contributed by atoms with van der Waals surface area (Å²) in [5.41, 5.74) is 5.83. The summed E-state index contributed by atoms with van der Waals surface area (Å²) in [6, 6.07) is 6.21. The van der Waals surface area contributed by atoms with Crippen LogP contribution in [0.25, 0.3) is 0 Å². The molecule has 4 radical (unpaired) electrons. The molecule has 0 bridgehead atoms. The summed E-state index contributed by atoms with van der Waals surface area (Å²) in [6.07, 6.45) is -4.68. The fourth-order valence-corrected chi connectivity index (χ4v) is 1.74. The van der Waals surface area contributed by atoms with Crippen molar-refractivity contribution in [2.45, 2.75) is 31.6 Å². The van der Waals surface area contributed by atoms with Gasteiger partial charge in [0, 0.05) is 18.2 Å². The van der Waals surface area contributed by atoms with Crippen molar-refractivity contribution in [3.8, 4) is 0 Å². The number of carbonyl (C=O) groups is 1. The highest BCUT2D eigenvalue weighted by atomic mass is 19.4. The summed E-state index contributed by atoms with van der Waals surface area (Å²) < 4.78 is 39.0. The summed E-state index contributed by atoms with van der Waals surface area (Å²) in [4.78, 5) is 11.8. The third-order valence-corrected chi connectivity index (χ3v) is 2.83. The standard InChI is InChI=1S/C14H18B2F3N3O2/c1-9(2)21-12(23)10-3-5-11(6-4-10)13(15,16)22-20-7-8-24-14(17,18)19/h3-6,9,20,22H,7-8H2,1-2H3,(H,21,23). The number of hydrogen-bond donors (Lipinski definition) is 3. The predicted octanol–water partition coefficient (Wildman–Crippen LogP) is 0.903. The van der Waals surface area contributed by atoms with Gasteiger partial charge in [0.15, 0.2) is 0 Å². The van der Waals surface area contributed by atoms with E-state index in [-0.39, 0.29) is 18.5 Å². The van der Waals surface area contributed by atoms with Crippen LogP contribution in [0.3, 0.4) is 0 Å². The molecule has 1 aromatic carbocycles. The van der Waals surface area contributed by atoms with Crippen LogP contribution in [0.4, 0.5) is 13.2 Å². The Bertz CT molecular complexity index is 537. The van der Waals surface area contributed by atoms with Crippen molar-refractivity contribution < 1.29 is 22.7 Å². The number of nitrogens with one attached hydrogen (secondary N) is 3. The van der Waals surface area contributed by atoms with Gasteiger partial charge in [-0.3, -0.25) is 20.4 Å². The summed E-state index contributed by atoms with van der Waals surface area (Å²) in [7, 11) is 11.7. The maximum atomic E-state index is 11.8. The average molecular weight is 339 g/mol. The van der Waals surface area contributed by atoms with Crippen LogP contribution in [0.5, 0.6) is 0 Å². The SMILES string of the molecule is [B]C([B])(NNCCOC(F)(F)F)c1ccc(C(=O)NC(C)C)cc1. The zero-order chi connectivity index (χ0) is 18.4. The molecule has 0 fully saturated rings. The first-order valence-corrected chi connectivity index (χ1v) is 7.21. The van der Waals surface area contributed by atoms with Crippen LogP contribution in [0, 0.1) is 0 Å². The Hall–Kier alpha value is -1.51. The predicted molar refractivity (Wildman–Crippen MR) is 85.4 cm³/mol. The van der Waals surface area contributed by atoms with E-state index in [0.29, 0.717) is 11.1 Å². The lowest BCUT2D eigenvalue weighted by molar-refractivity contribution is -0.323. The minimum atomic E-state index is -4.68. The molecule has 24 heavy (non-hydrogen) atoms. The summed E-state index contributed by atoms with van der Waals surface area (Å²) in [5, 5.41) is 1.21. The van der Waals surface area contributed by atoms with E-state index in [1.807, 2.05) is 13.8 Å². The second-order valence-electron chi connectivity index (χ2n) is 5.42. The molecule has 128 valence electrons. The van der Waals surface area contributed by atoms with Gasteiger partial charge >= 0.3 is 6.36 Å². The molecule has 0 aliphatic carbocycles. The molecule has 0 unspecified atom stereocenters. The van der Waals surface area contributed by atoms with Crippen LogP contribution >= 0.6 is 0 Å².